The van der Waals surface area contributed by atoms with Crippen LogP contribution in [0.4, 0.5) is 0 Å². The molecular weight excluding hydrogens is 404 g/mol. The maximum atomic E-state index is 12.8. The number of hydrogen-bond donors (Lipinski definition) is 2. The first-order valence-corrected chi connectivity index (χ1v) is 11.6. The standard InChI is InChI=1S/C21H30N4O4S/c1-29-13-16-4-2-8-24(16)19(26)7-6-15-11-22-20(27)17-10-14(12-25(15)17)23-21(28)18-5-3-9-30-18/h3,5,9,14-17H,2,4,6-8,10-13H2,1H3,(H,22,27)(H,23,28)/t14-,15+,16-,17-/m0/s1. The van der Waals surface area contributed by atoms with E-state index in [0.717, 1.165) is 19.4 Å². The molecule has 4 rings (SSSR count). The quantitative estimate of drug-likeness (QED) is 0.664. The van der Waals surface area contributed by atoms with E-state index in [1.165, 1.54) is 11.3 Å². The summed E-state index contributed by atoms with van der Waals surface area (Å²) in [5.74, 6) is 0.107. The van der Waals surface area contributed by atoms with Gasteiger partial charge in [-0.05, 0) is 37.1 Å². The van der Waals surface area contributed by atoms with Crippen molar-refractivity contribution in [2.45, 2.75) is 56.3 Å². The molecule has 9 heteroatoms. The molecule has 0 spiro atoms. The van der Waals surface area contributed by atoms with Gasteiger partial charge in [0.05, 0.1) is 23.6 Å². The van der Waals surface area contributed by atoms with E-state index in [1.807, 2.05) is 16.3 Å². The number of nitrogens with zero attached hydrogens (tertiary/aromatic N) is 2. The maximum Gasteiger partial charge on any atom is 0.261 e. The highest BCUT2D eigenvalue weighted by atomic mass is 32.1. The van der Waals surface area contributed by atoms with Gasteiger partial charge in [0.2, 0.25) is 11.8 Å². The van der Waals surface area contributed by atoms with Crippen LogP contribution in [0, 0.1) is 0 Å². The van der Waals surface area contributed by atoms with E-state index in [1.54, 1.807) is 13.2 Å². The first-order chi connectivity index (χ1) is 14.6. The van der Waals surface area contributed by atoms with Gasteiger partial charge in [-0.15, -0.1) is 11.3 Å². The zero-order chi connectivity index (χ0) is 21.1. The fraction of sp³-hybridized carbons (Fsp3) is 0.667. The summed E-state index contributed by atoms with van der Waals surface area (Å²) in [6.07, 6.45) is 3.81. The van der Waals surface area contributed by atoms with Gasteiger partial charge in [-0.25, -0.2) is 0 Å². The fourth-order valence-corrected chi connectivity index (χ4v) is 5.60. The molecule has 0 aromatic carbocycles. The molecule has 1 aromatic heterocycles. The Balaban J connectivity index is 1.33. The number of likely N-dealkylation sites (tertiary alicyclic amines) is 1. The van der Waals surface area contributed by atoms with Crippen LogP contribution in [-0.2, 0) is 14.3 Å². The average Bonchev–Trinajstić information content (AvgIpc) is 3.48. The molecule has 0 aliphatic carbocycles. The molecular formula is C21H30N4O4S. The minimum absolute atomic E-state index is 0.0187. The third-order valence-corrected chi connectivity index (χ3v) is 7.32. The molecule has 0 saturated carbocycles. The van der Waals surface area contributed by atoms with Gasteiger partial charge in [0.1, 0.15) is 0 Å². The monoisotopic (exact) mass is 434 g/mol. The number of carbonyl (C=O) groups is 3. The molecule has 3 fully saturated rings. The van der Waals surface area contributed by atoms with Gasteiger partial charge >= 0.3 is 0 Å². The summed E-state index contributed by atoms with van der Waals surface area (Å²) in [7, 11) is 1.67. The van der Waals surface area contributed by atoms with Crippen molar-refractivity contribution in [3.8, 4) is 0 Å². The van der Waals surface area contributed by atoms with Crippen LogP contribution in [-0.4, -0.2) is 85.0 Å². The molecule has 0 radical (unpaired) electrons. The summed E-state index contributed by atoms with van der Waals surface area (Å²) in [6.45, 7) is 2.59. The Hall–Kier alpha value is -1.97. The molecule has 0 bridgehead atoms. The molecule has 2 N–H and O–H groups in total. The summed E-state index contributed by atoms with van der Waals surface area (Å²) < 4.78 is 5.26. The number of piperazine rings is 1. The van der Waals surface area contributed by atoms with Gasteiger partial charge in [0.25, 0.3) is 5.91 Å². The summed E-state index contributed by atoms with van der Waals surface area (Å²) in [5, 5.41) is 7.94. The molecule has 30 heavy (non-hydrogen) atoms. The Morgan fingerprint density at radius 3 is 3.00 bits per heavy atom. The van der Waals surface area contributed by atoms with Crippen molar-refractivity contribution < 1.29 is 19.1 Å². The summed E-state index contributed by atoms with van der Waals surface area (Å²) in [4.78, 5) is 42.4. The molecule has 3 aliphatic heterocycles. The third-order valence-electron chi connectivity index (χ3n) is 6.45. The number of fused-ring (bicyclic) bond motifs is 1. The highest BCUT2D eigenvalue weighted by molar-refractivity contribution is 7.12. The number of nitrogens with one attached hydrogen (secondary N) is 2. The second-order valence-corrected chi connectivity index (χ2v) is 9.32. The average molecular weight is 435 g/mol. The van der Waals surface area contributed by atoms with Gasteiger partial charge in [-0.3, -0.25) is 19.3 Å². The van der Waals surface area contributed by atoms with Crippen molar-refractivity contribution in [3.05, 3.63) is 22.4 Å². The second kappa shape index (κ2) is 9.45. The summed E-state index contributed by atoms with van der Waals surface area (Å²) in [5.41, 5.74) is 0. The zero-order valence-corrected chi connectivity index (χ0v) is 18.2. The number of amides is 3. The highest BCUT2D eigenvalue weighted by Gasteiger charge is 2.44. The van der Waals surface area contributed by atoms with Crippen molar-refractivity contribution >= 4 is 29.1 Å². The van der Waals surface area contributed by atoms with E-state index in [0.29, 0.717) is 43.8 Å². The summed E-state index contributed by atoms with van der Waals surface area (Å²) in [6, 6.07) is 3.67. The molecule has 4 heterocycles. The van der Waals surface area contributed by atoms with Crippen molar-refractivity contribution in [2.75, 3.05) is 33.4 Å². The lowest BCUT2D eigenvalue weighted by molar-refractivity contribution is -0.133. The van der Waals surface area contributed by atoms with Gasteiger partial charge in [-0.2, -0.15) is 0 Å². The first-order valence-electron chi connectivity index (χ1n) is 10.7. The molecule has 3 aliphatic rings. The molecule has 3 amide bonds. The Bertz CT molecular complexity index is 771. The molecule has 3 saturated heterocycles. The van der Waals surface area contributed by atoms with Crippen molar-refractivity contribution in [1.82, 2.24) is 20.4 Å². The Morgan fingerprint density at radius 2 is 2.23 bits per heavy atom. The number of ether oxygens (including phenoxy) is 1. The maximum absolute atomic E-state index is 12.8. The van der Waals surface area contributed by atoms with Crippen LogP contribution in [0.1, 0.15) is 41.8 Å². The van der Waals surface area contributed by atoms with Crippen LogP contribution < -0.4 is 10.6 Å². The van der Waals surface area contributed by atoms with E-state index >= 15 is 0 Å². The zero-order valence-electron chi connectivity index (χ0n) is 17.3. The van der Waals surface area contributed by atoms with E-state index in [2.05, 4.69) is 15.5 Å². The number of rotatable bonds is 7. The molecule has 0 unspecified atom stereocenters. The Kier molecular flexibility index (Phi) is 6.70. The van der Waals surface area contributed by atoms with E-state index in [4.69, 9.17) is 4.74 Å². The smallest absolute Gasteiger partial charge is 0.261 e. The van der Waals surface area contributed by atoms with E-state index < -0.39 is 0 Å². The van der Waals surface area contributed by atoms with Gasteiger partial charge in [0, 0.05) is 45.2 Å². The lowest BCUT2D eigenvalue weighted by atomic mass is 10.0. The van der Waals surface area contributed by atoms with Crippen molar-refractivity contribution in [1.29, 1.82) is 0 Å². The van der Waals surface area contributed by atoms with Crippen LogP contribution in [0.25, 0.3) is 0 Å². The van der Waals surface area contributed by atoms with Crippen LogP contribution in [0.15, 0.2) is 17.5 Å². The van der Waals surface area contributed by atoms with Gasteiger partial charge < -0.3 is 20.3 Å². The van der Waals surface area contributed by atoms with Crippen LogP contribution in [0.3, 0.4) is 0 Å². The predicted molar refractivity (Wildman–Crippen MR) is 113 cm³/mol. The molecule has 4 atom stereocenters. The predicted octanol–water partition coefficient (Wildman–Crippen LogP) is 0.837. The van der Waals surface area contributed by atoms with E-state index in [-0.39, 0.29) is 41.9 Å². The summed E-state index contributed by atoms with van der Waals surface area (Å²) >= 11 is 1.41. The minimum atomic E-state index is -0.236. The van der Waals surface area contributed by atoms with Crippen LogP contribution in [0.5, 0.6) is 0 Å². The lowest BCUT2D eigenvalue weighted by Crippen LogP contribution is -2.58. The van der Waals surface area contributed by atoms with Gasteiger partial charge in [0.15, 0.2) is 0 Å². The van der Waals surface area contributed by atoms with E-state index in [9.17, 15) is 14.4 Å². The Labute approximate surface area is 180 Å². The molecule has 164 valence electrons. The number of hydrogen-bond acceptors (Lipinski definition) is 6. The SMILES string of the molecule is COC[C@@H]1CCCN1C(=O)CC[C@@H]1CNC(=O)[C@@H]2C[C@H](NC(=O)c3cccs3)CN12. The Morgan fingerprint density at radius 1 is 1.37 bits per heavy atom. The van der Waals surface area contributed by atoms with Crippen LogP contribution >= 0.6 is 11.3 Å². The second-order valence-electron chi connectivity index (χ2n) is 8.37. The number of methoxy groups -OCH3 is 1. The molecule has 8 nitrogen and oxygen atoms in total. The van der Waals surface area contributed by atoms with Gasteiger partial charge in [-0.1, -0.05) is 6.07 Å². The minimum Gasteiger partial charge on any atom is -0.383 e. The number of thiophene rings is 1. The largest absolute Gasteiger partial charge is 0.383 e. The number of carbonyl (C=O) groups excluding carboxylic acids is 3. The highest BCUT2D eigenvalue weighted by Crippen LogP contribution is 2.27. The lowest BCUT2D eigenvalue weighted by Gasteiger charge is -2.37. The fourth-order valence-electron chi connectivity index (χ4n) is 4.98. The van der Waals surface area contributed by atoms with Crippen LogP contribution in [0.2, 0.25) is 0 Å². The normalized spacial score (nSPS) is 29.0. The third kappa shape index (κ3) is 4.53. The molecule has 1 aromatic rings. The first kappa shape index (κ1) is 21.3. The van der Waals surface area contributed by atoms with Crippen molar-refractivity contribution in [2.24, 2.45) is 0 Å². The van der Waals surface area contributed by atoms with Crippen molar-refractivity contribution in [3.63, 3.8) is 0 Å². The topological polar surface area (TPSA) is 91.0 Å².